The number of rotatable bonds is 1. The third-order valence-corrected chi connectivity index (χ3v) is 2.95. The molecule has 1 fully saturated rings. The molecule has 2 nitrogen and oxygen atoms in total. The molecule has 1 heterocycles. The van der Waals surface area contributed by atoms with Crippen molar-refractivity contribution >= 4 is 5.69 Å². The molecule has 0 amide bonds. The smallest absolute Gasteiger partial charge is 0.146 e. The molecule has 17 heavy (non-hydrogen) atoms. The summed E-state index contributed by atoms with van der Waals surface area (Å²) in [5.41, 5.74) is 1.72. The summed E-state index contributed by atoms with van der Waals surface area (Å²) in [5.74, 6) is -0.0976. The van der Waals surface area contributed by atoms with Crippen LogP contribution in [0.25, 0.3) is 0 Å². The van der Waals surface area contributed by atoms with Crippen molar-refractivity contribution in [3.63, 3.8) is 0 Å². The van der Waals surface area contributed by atoms with Gasteiger partial charge in [-0.1, -0.05) is 19.9 Å². The summed E-state index contributed by atoms with van der Waals surface area (Å²) in [4.78, 5) is 4.39. The largest absolute Gasteiger partial charge is 0.367 e. The van der Waals surface area contributed by atoms with Crippen molar-refractivity contribution < 1.29 is 4.39 Å². The van der Waals surface area contributed by atoms with E-state index in [-0.39, 0.29) is 5.82 Å². The Kier molecular flexibility index (Phi) is 5.42. The molecule has 1 aromatic carbocycles. The monoisotopic (exact) mass is 238 g/mol. The fourth-order valence-corrected chi connectivity index (χ4v) is 1.92. The summed E-state index contributed by atoms with van der Waals surface area (Å²) in [6.45, 7) is 9.75. The molecule has 0 bridgehead atoms. The van der Waals surface area contributed by atoms with Crippen molar-refractivity contribution in [1.29, 1.82) is 0 Å². The van der Waals surface area contributed by atoms with Gasteiger partial charge in [0.2, 0.25) is 0 Å². The van der Waals surface area contributed by atoms with Crippen LogP contribution in [-0.4, -0.2) is 38.1 Å². The number of halogens is 1. The maximum Gasteiger partial charge on any atom is 0.146 e. The number of likely N-dealkylation sites (N-methyl/N-ethyl adjacent to an activating group) is 1. The van der Waals surface area contributed by atoms with Gasteiger partial charge < -0.3 is 9.80 Å². The van der Waals surface area contributed by atoms with Gasteiger partial charge in [0.05, 0.1) is 5.69 Å². The van der Waals surface area contributed by atoms with Crippen molar-refractivity contribution in [3.05, 3.63) is 29.6 Å². The lowest BCUT2D eigenvalue weighted by atomic mass is 10.2. The van der Waals surface area contributed by atoms with Crippen molar-refractivity contribution in [1.82, 2.24) is 4.90 Å². The van der Waals surface area contributed by atoms with Crippen LogP contribution in [0, 0.1) is 12.7 Å². The van der Waals surface area contributed by atoms with E-state index < -0.39 is 0 Å². The van der Waals surface area contributed by atoms with Crippen LogP contribution in [0.5, 0.6) is 0 Å². The van der Waals surface area contributed by atoms with E-state index in [0.717, 1.165) is 37.4 Å². The Balaban J connectivity index is 0.000000686. The van der Waals surface area contributed by atoms with Gasteiger partial charge in [-0.2, -0.15) is 0 Å². The van der Waals surface area contributed by atoms with Gasteiger partial charge in [-0.15, -0.1) is 0 Å². The second-order valence-corrected chi connectivity index (χ2v) is 4.25. The normalized spacial score (nSPS) is 16.4. The third-order valence-electron chi connectivity index (χ3n) is 2.95. The lowest BCUT2D eigenvalue weighted by molar-refractivity contribution is 0.311. The quantitative estimate of drug-likeness (QED) is 0.742. The van der Waals surface area contributed by atoms with E-state index in [1.807, 2.05) is 32.9 Å². The molecule has 0 radical (unpaired) electrons. The van der Waals surface area contributed by atoms with Crippen LogP contribution < -0.4 is 4.90 Å². The second kappa shape index (κ2) is 6.60. The van der Waals surface area contributed by atoms with Crippen LogP contribution in [0.3, 0.4) is 0 Å². The SMILES string of the molecule is CC.Cc1ccc(N2CCN(C)CC2)c(F)c1. The van der Waals surface area contributed by atoms with Gasteiger partial charge in [-0.3, -0.25) is 0 Å². The van der Waals surface area contributed by atoms with Crippen molar-refractivity contribution in [2.75, 3.05) is 38.1 Å². The molecule has 1 saturated heterocycles. The number of piperazine rings is 1. The van der Waals surface area contributed by atoms with E-state index in [2.05, 4.69) is 16.8 Å². The highest BCUT2D eigenvalue weighted by Gasteiger charge is 2.16. The van der Waals surface area contributed by atoms with Crippen LogP contribution in [0.4, 0.5) is 10.1 Å². The minimum atomic E-state index is -0.0976. The Morgan fingerprint density at radius 1 is 1.06 bits per heavy atom. The molecule has 0 unspecified atom stereocenters. The molecule has 0 aromatic heterocycles. The number of anilines is 1. The van der Waals surface area contributed by atoms with E-state index in [1.54, 1.807) is 6.07 Å². The average Bonchev–Trinajstić information content (AvgIpc) is 2.33. The van der Waals surface area contributed by atoms with E-state index in [1.165, 1.54) is 0 Å². The Morgan fingerprint density at radius 3 is 2.18 bits per heavy atom. The molecular formula is C14H23FN2. The van der Waals surface area contributed by atoms with Gasteiger partial charge in [0.25, 0.3) is 0 Å². The molecule has 1 aromatic rings. The highest BCUT2D eigenvalue weighted by molar-refractivity contribution is 5.49. The zero-order valence-corrected chi connectivity index (χ0v) is 11.3. The van der Waals surface area contributed by atoms with Crippen LogP contribution in [0.1, 0.15) is 19.4 Å². The average molecular weight is 238 g/mol. The first-order chi connectivity index (χ1) is 8.16. The molecule has 96 valence electrons. The molecule has 1 aliphatic rings. The molecular weight excluding hydrogens is 215 g/mol. The Morgan fingerprint density at radius 2 is 1.65 bits per heavy atom. The second-order valence-electron chi connectivity index (χ2n) is 4.25. The summed E-state index contributed by atoms with van der Waals surface area (Å²) >= 11 is 0. The van der Waals surface area contributed by atoms with Crippen molar-refractivity contribution in [2.24, 2.45) is 0 Å². The van der Waals surface area contributed by atoms with Gasteiger partial charge in [0, 0.05) is 26.2 Å². The lowest BCUT2D eigenvalue weighted by Crippen LogP contribution is -2.44. The molecule has 3 heteroatoms. The van der Waals surface area contributed by atoms with E-state index in [4.69, 9.17) is 0 Å². The van der Waals surface area contributed by atoms with Crippen LogP contribution >= 0.6 is 0 Å². The van der Waals surface area contributed by atoms with Gasteiger partial charge >= 0.3 is 0 Å². The molecule has 2 rings (SSSR count). The number of aryl methyl sites for hydroxylation is 1. The van der Waals surface area contributed by atoms with Gasteiger partial charge in [-0.05, 0) is 31.7 Å². The highest BCUT2D eigenvalue weighted by Crippen LogP contribution is 2.21. The van der Waals surface area contributed by atoms with E-state index in [0.29, 0.717) is 0 Å². The summed E-state index contributed by atoms with van der Waals surface area (Å²) in [7, 11) is 2.10. The third kappa shape index (κ3) is 3.70. The first-order valence-corrected chi connectivity index (χ1v) is 6.36. The predicted molar refractivity (Wildman–Crippen MR) is 72.2 cm³/mol. The topological polar surface area (TPSA) is 6.48 Å². The number of nitrogens with zero attached hydrogens (tertiary/aromatic N) is 2. The molecule has 0 aliphatic carbocycles. The van der Waals surface area contributed by atoms with E-state index in [9.17, 15) is 4.39 Å². The summed E-state index contributed by atoms with van der Waals surface area (Å²) in [6.07, 6.45) is 0. The number of hydrogen-bond donors (Lipinski definition) is 0. The zero-order chi connectivity index (χ0) is 12.8. The minimum absolute atomic E-state index is 0.0976. The van der Waals surface area contributed by atoms with Gasteiger partial charge in [0.1, 0.15) is 5.82 Å². The highest BCUT2D eigenvalue weighted by atomic mass is 19.1. The van der Waals surface area contributed by atoms with Crippen molar-refractivity contribution in [2.45, 2.75) is 20.8 Å². The lowest BCUT2D eigenvalue weighted by Gasteiger charge is -2.34. The van der Waals surface area contributed by atoms with Gasteiger partial charge in [-0.25, -0.2) is 4.39 Å². The van der Waals surface area contributed by atoms with Crippen molar-refractivity contribution in [3.8, 4) is 0 Å². The maximum absolute atomic E-state index is 13.7. The first kappa shape index (κ1) is 14.0. The van der Waals surface area contributed by atoms with Crippen LogP contribution in [0.15, 0.2) is 18.2 Å². The Hall–Kier alpha value is -1.09. The first-order valence-electron chi connectivity index (χ1n) is 6.36. The summed E-state index contributed by atoms with van der Waals surface area (Å²) < 4.78 is 13.7. The van der Waals surface area contributed by atoms with Crippen LogP contribution in [-0.2, 0) is 0 Å². The molecule has 0 saturated carbocycles. The Bertz CT molecular complexity index is 344. The van der Waals surface area contributed by atoms with E-state index >= 15 is 0 Å². The fraction of sp³-hybridized carbons (Fsp3) is 0.571. The predicted octanol–water partition coefficient (Wildman–Crippen LogP) is 2.91. The fourth-order valence-electron chi connectivity index (χ4n) is 1.92. The standard InChI is InChI=1S/C12H17FN2.C2H6/c1-10-3-4-12(11(13)9-10)15-7-5-14(2)6-8-15;1-2/h3-4,9H,5-8H2,1-2H3;1-2H3. The summed E-state index contributed by atoms with van der Waals surface area (Å²) in [5, 5.41) is 0. The van der Waals surface area contributed by atoms with Crippen LogP contribution in [0.2, 0.25) is 0 Å². The maximum atomic E-state index is 13.7. The summed E-state index contributed by atoms with van der Waals surface area (Å²) in [6, 6.07) is 5.46. The zero-order valence-electron chi connectivity index (χ0n) is 11.3. The minimum Gasteiger partial charge on any atom is -0.367 e. The molecule has 0 N–H and O–H groups in total. The van der Waals surface area contributed by atoms with Gasteiger partial charge in [0.15, 0.2) is 0 Å². The molecule has 0 atom stereocenters. The molecule has 0 spiro atoms. The number of hydrogen-bond acceptors (Lipinski definition) is 2. The number of benzene rings is 1. The Labute approximate surface area is 104 Å². The molecule has 1 aliphatic heterocycles.